The topological polar surface area (TPSA) is 107 Å². The molecule has 2 heterocycles. The van der Waals surface area contributed by atoms with E-state index < -0.39 is 11.9 Å². The van der Waals surface area contributed by atoms with Crippen molar-refractivity contribution in [3.63, 3.8) is 0 Å². The molecular formula is C15H17N3O5. The number of hydrogen-bond acceptors (Lipinski definition) is 6. The monoisotopic (exact) mass is 319 g/mol. The summed E-state index contributed by atoms with van der Waals surface area (Å²) in [7, 11) is 2.65. The lowest BCUT2D eigenvalue weighted by Gasteiger charge is -2.10. The van der Waals surface area contributed by atoms with E-state index in [0.29, 0.717) is 25.0 Å². The average Bonchev–Trinajstić information content (AvgIpc) is 2.99. The van der Waals surface area contributed by atoms with Gasteiger partial charge in [0.25, 0.3) is 11.8 Å². The Kier molecular flexibility index (Phi) is 3.99. The molecule has 1 aliphatic carbocycles. The van der Waals surface area contributed by atoms with Crippen LogP contribution in [0.25, 0.3) is 0 Å². The van der Waals surface area contributed by atoms with E-state index in [0.717, 1.165) is 0 Å². The smallest absolute Gasteiger partial charge is 0.356 e. The van der Waals surface area contributed by atoms with Gasteiger partial charge in [-0.2, -0.15) is 0 Å². The number of methoxy groups -OCH3 is 1. The SMILES string of the molecule is CNC(=O)c1cc(C(=O)NC2C3COC[C@@H]32)cc(C(=O)OC)n1. The normalized spacial score (nSPS) is 24.5. The molecule has 0 radical (unpaired) electrons. The van der Waals surface area contributed by atoms with Crippen molar-refractivity contribution < 1.29 is 23.9 Å². The number of carbonyl (C=O) groups is 3. The molecule has 1 aliphatic heterocycles. The third-order valence-electron chi connectivity index (χ3n) is 4.19. The predicted molar refractivity (Wildman–Crippen MR) is 78.0 cm³/mol. The van der Waals surface area contributed by atoms with Crippen molar-refractivity contribution in [3.05, 3.63) is 29.1 Å². The van der Waals surface area contributed by atoms with Gasteiger partial charge in [-0.15, -0.1) is 0 Å². The van der Waals surface area contributed by atoms with Crippen LogP contribution < -0.4 is 10.6 Å². The lowest BCUT2D eigenvalue weighted by atomic mass is 10.1. The zero-order chi connectivity index (χ0) is 16.6. The first-order valence-electron chi connectivity index (χ1n) is 7.26. The van der Waals surface area contributed by atoms with Gasteiger partial charge in [-0.3, -0.25) is 9.59 Å². The van der Waals surface area contributed by atoms with Crippen molar-refractivity contribution in [3.8, 4) is 0 Å². The first kappa shape index (κ1) is 15.4. The molecule has 0 spiro atoms. The molecule has 0 bridgehead atoms. The van der Waals surface area contributed by atoms with Gasteiger partial charge in [0.1, 0.15) is 11.4 Å². The van der Waals surface area contributed by atoms with Gasteiger partial charge in [-0.1, -0.05) is 0 Å². The quantitative estimate of drug-likeness (QED) is 0.732. The molecule has 1 saturated carbocycles. The van der Waals surface area contributed by atoms with Gasteiger partial charge in [0.05, 0.1) is 20.3 Å². The van der Waals surface area contributed by atoms with E-state index in [1.807, 2.05) is 0 Å². The number of pyridine rings is 1. The van der Waals surface area contributed by atoms with E-state index in [2.05, 4.69) is 20.4 Å². The van der Waals surface area contributed by atoms with Crippen molar-refractivity contribution >= 4 is 17.8 Å². The molecule has 2 fully saturated rings. The van der Waals surface area contributed by atoms with Crippen molar-refractivity contribution in [2.45, 2.75) is 6.04 Å². The first-order chi connectivity index (χ1) is 11.0. The van der Waals surface area contributed by atoms with E-state index in [9.17, 15) is 14.4 Å². The summed E-state index contributed by atoms with van der Waals surface area (Å²) in [6.07, 6.45) is 0. The molecule has 2 N–H and O–H groups in total. The van der Waals surface area contributed by atoms with Crippen molar-refractivity contribution in [2.75, 3.05) is 27.4 Å². The Hall–Kier alpha value is -2.48. The second-order valence-corrected chi connectivity index (χ2v) is 5.56. The van der Waals surface area contributed by atoms with Gasteiger partial charge >= 0.3 is 5.97 Å². The second-order valence-electron chi connectivity index (χ2n) is 5.56. The van der Waals surface area contributed by atoms with Crippen LogP contribution in [0, 0.1) is 11.8 Å². The van der Waals surface area contributed by atoms with Crippen molar-refractivity contribution in [1.29, 1.82) is 0 Å². The maximum atomic E-state index is 12.4. The van der Waals surface area contributed by atoms with E-state index in [1.54, 1.807) is 0 Å². The molecule has 2 unspecified atom stereocenters. The van der Waals surface area contributed by atoms with Gasteiger partial charge in [-0.05, 0) is 12.1 Å². The lowest BCUT2D eigenvalue weighted by Crippen LogP contribution is -2.31. The highest BCUT2D eigenvalue weighted by Gasteiger charge is 2.54. The molecular weight excluding hydrogens is 302 g/mol. The lowest BCUT2D eigenvalue weighted by molar-refractivity contribution is 0.0594. The van der Waals surface area contributed by atoms with Crippen LogP contribution in [-0.2, 0) is 9.47 Å². The summed E-state index contributed by atoms with van der Waals surface area (Å²) >= 11 is 0. The molecule has 1 aromatic heterocycles. The van der Waals surface area contributed by atoms with Gasteiger partial charge in [-0.25, -0.2) is 9.78 Å². The zero-order valence-electron chi connectivity index (χ0n) is 12.8. The fourth-order valence-electron chi connectivity index (χ4n) is 2.80. The van der Waals surface area contributed by atoms with Gasteiger partial charge in [0.2, 0.25) is 0 Å². The molecule has 8 nitrogen and oxygen atoms in total. The van der Waals surface area contributed by atoms with Crippen molar-refractivity contribution in [2.24, 2.45) is 11.8 Å². The summed E-state index contributed by atoms with van der Waals surface area (Å²) in [5.74, 6) is -0.816. The Morgan fingerprint density at radius 2 is 1.83 bits per heavy atom. The molecule has 1 aromatic rings. The largest absolute Gasteiger partial charge is 0.464 e. The first-order valence-corrected chi connectivity index (χ1v) is 7.26. The minimum atomic E-state index is -0.707. The molecule has 2 amide bonds. The number of nitrogens with one attached hydrogen (secondary N) is 2. The Morgan fingerprint density at radius 3 is 2.43 bits per heavy atom. The van der Waals surface area contributed by atoms with Crippen LogP contribution in [0.1, 0.15) is 31.3 Å². The maximum absolute atomic E-state index is 12.4. The summed E-state index contributed by atoms with van der Waals surface area (Å²) in [4.78, 5) is 39.8. The number of carbonyl (C=O) groups excluding carboxylic acids is 3. The number of ether oxygens (including phenoxy) is 2. The number of hydrogen-bond donors (Lipinski definition) is 2. The van der Waals surface area contributed by atoms with Crippen LogP contribution in [0.15, 0.2) is 12.1 Å². The molecule has 3 atom stereocenters. The highest BCUT2D eigenvalue weighted by atomic mass is 16.5. The standard InChI is InChI=1S/C15H17N3O5/c1-16-14(20)10-3-7(4-11(17-10)15(21)22-2)13(19)18-12-8-5-23-6-9(8)12/h3-4,8-9,12H,5-6H2,1-2H3,(H,16,20)(H,18,19)/t8-,9?,12?/m0/s1. The number of amides is 2. The third kappa shape index (κ3) is 2.89. The highest BCUT2D eigenvalue weighted by Crippen LogP contribution is 2.44. The van der Waals surface area contributed by atoms with Gasteiger partial charge in [0.15, 0.2) is 0 Å². The number of fused-ring (bicyclic) bond motifs is 1. The highest BCUT2D eigenvalue weighted by molar-refractivity contribution is 6.01. The summed E-state index contributed by atoms with van der Waals surface area (Å²) in [6, 6.07) is 2.77. The van der Waals surface area contributed by atoms with Crippen LogP contribution in [0.4, 0.5) is 0 Å². The fourth-order valence-corrected chi connectivity index (χ4v) is 2.80. The number of esters is 1. The molecule has 1 saturated heterocycles. The summed E-state index contributed by atoms with van der Waals surface area (Å²) in [5.41, 5.74) is 0.0999. The molecule has 23 heavy (non-hydrogen) atoms. The van der Waals surface area contributed by atoms with Crippen LogP contribution in [0.3, 0.4) is 0 Å². The minimum absolute atomic E-state index is 0.0140. The Morgan fingerprint density at radius 1 is 1.17 bits per heavy atom. The second kappa shape index (κ2) is 5.96. The predicted octanol–water partition coefficient (Wildman–Crippen LogP) is -0.398. The van der Waals surface area contributed by atoms with E-state index in [4.69, 9.17) is 4.74 Å². The van der Waals surface area contributed by atoms with E-state index >= 15 is 0 Å². The van der Waals surface area contributed by atoms with Gasteiger partial charge in [0, 0.05) is 30.5 Å². The summed E-state index contributed by atoms with van der Waals surface area (Å²) < 4.78 is 9.89. The van der Waals surface area contributed by atoms with Crippen LogP contribution in [0.5, 0.6) is 0 Å². The Labute approximate surface area is 132 Å². The third-order valence-corrected chi connectivity index (χ3v) is 4.19. The van der Waals surface area contributed by atoms with Crippen molar-refractivity contribution in [1.82, 2.24) is 15.6 Å². The summed E-state index contributed by atoms with van der Waals surface area (Å²) in [5, 5.41) is 5.33. The molecule has 122 valence electrons. The van der Waals surface area contributed by atoms with Crippen LogP contribution >= 0.6 is 0 Å². The van der Waals surface area contributed by atoms with E-state index in [1.165, 1.54) is 26.3 Å². The van der Waals surface area contributed by atoms with Crippen LogP contribution in [-0.4, -0.2) is 56.2 Å². The maximum Gasteiger partial charge on any atom is 0.356 e. The Balaban J connectivity index is 1.83. The summed E-state index contributed by atoms with van der Waals surface area (Å²) in [6.45, 7) is 1.31. The number of aromatic nitrogens is 1. The average molecular weight is 319 g/mol. The fraction of sp³-hybridized carbons (Fsp3) is 0.467. The zero-order valence-corrected chi connectivity index (χ0v) is 12.8. The molecule has 0 aromatic carbocycles. The minimum Gasteiger partial charge on any atom is -0.464 e. The number of nitrogens with zero attached hydrogens (tertiary/aromatic N) is 1. The van der Waals surface area contributed by atoms with Gasteiger partial charge < -0.3 is 20.1 Å². The van der Waals surface area contributed by atoms with Crippen LogP contribution in [0.2, 0.25) is 0 Å². The van der Waals surface area contributed by atoms with E-state index in [-0.39, 0.29) is 28.9 Å². The number of rotatable bonds is 4. The molecule has 8 heteroatoms. The Bertz CT molecular complexity index is 631. The molecule has 2 aliphatic rings. The molecule has 3 rings (SSSR count).